The van der Waals surface area contributed by atoms with Crippen molar-refractivity contribution < 1.29 is 19.1 Å². The first-order valence-corrected chi connectivity index (χ1v) is 8.27. The standard InChI is InChI=1S/C18H17Cl2NO4/c1-11-8-9-14(19)17(16(11)20)21-15(22)10-24-18(23)12(2)25-13-6-4-3-5-7-13/h3-9,12H,10H2,1-2H3,(H,21,22)/t12-/m0/s1. The van der Waals surface area contributed by atoms with Crippen LogP contribution in [-0.2, 0) is 14.3 Å². The molecule has 0 saturated heterocycles. The average molecular weight is 382 g/mol. The number of nitrogens with one attached hydrogen (secondary N) is 1. The fourth-order valence-corrected chi connectivity index (χ4v) is 2.42. The number of rotatable bonds is 6. The van der Waals surface area contributed by atoms with Gasteiger partial charge in [0.05, 0.1) is 15.7 Å². The molecule has 0 aliphatic rings. The highest BCUT2D eigenvalue weighted by molar-refractivity contribution is 6.40. The van der Waals surface area contributed by atoms with Gasteiger partial charge in [-0.1, -0.05) is 47.5 Å². The van der Waals surface area contributed by atoms with Crippen molar-refractivity contribution >= 4 is 40.8 Å². The van der Waals surface area contributed by atoms with Crippen molar-refractivity contribution in [2.24, 2.45) is 0 Å². The van der Waals surface area contributed by atoms with Crippen molar-refractivity contribution in [2.45, 2.75) is 20.0 Å². The number of aryl methyl sites for hydroxylation is 1. The molecular formula is C18H17Cl2NO4. The van der Waals surface area contributed by atoms with Crippen LogP contribution in [0.3, 0.4) is 0 Å². The molecular weight excluding hydrogens is 365 g/mol. The van der Waals surface area contributed by atoms with Crippen molar-refractivity contribution in [2.75, 3.05) is 11.9 Å². The van der Waals surface area contributed by atoms with Gasteiger partial charge in [-0.3, -0.25) is 4.79 Å². The molecule has 0 unspecified atom stereocenters. The zero-order valence-corrected chi connectivity index (χ0v) is 15.2. The van der Waals surface area contributed by atoms with Gasteiger partial charge in [-0.2, -0.15) is 0 Å². The Balaban J connectivity index is 1.87. The number of hydrogen-bond acceptors (Lipinski definition) is 4. The number of carbonyl (C=O) groups excluding carboxylic acids is 2. The van der Waals surface area contributed by atoms with E-state index in [4.69, 9.17) is 32.7 Å². The van der Waals surface area contributed by atoms with Gasteiger partial charge in [-0.25, -0.2) is 4.79 Å². The smallest absolute Gasteiger partial charge is 0.347 e. The number of amides is 1. The number of anilines is 1. The molecule has 2 aromatic rings. The molecule has 0 aliphatic heterocycles. The first kappa shape index (κ1) is 19.1. The summed E-state index contributed by atoms with van der Waals surface area (Å²) < 4.78 is 10.4. The summed E-state index contributed by atoms with van der Waals surface area (Å²) in [5.41, 5.74) is 1.06. The molecule has 132 valence electrons. The van der Waals surface area contributed by atoms with Gasteiger partial charge in [0.1, 0.15) is 5.75 Å². The molecule has 5 nitrogen and oxygen atoms in total. The fourth-order valence-electron chi connectivity index (χ4n) is 1.95. The minimum absolute atomic E-state index is 0.290. The summed E-state index contributed by atoms with van der Waals surface area (Å²) in [7, 11) is 0. The molecule has 25 heavy (non-hydrogen) atoms. The second-order valence-corrected chi connectivity index (χ2v) is 6.07. The van der Waals surface area contributed by atoms with Crippen LogP contribution in [0.5, 0.6) is 5.75 Å². The van der Waals surface area contributed by atoms with Crippen LogP contribution in [0.2, 0.25) is 10.0 Å². The van der Waals surface area contributed by atoms with Gasteiger partial charge in [0.2, 0.25) is 0 Å². The van der Waals surface area contributed by atoms with E-state index in [9.17, 15) is 9.59 Å². The molecule has 0 fully saturated rings. The van der Waals surface area contributed by atoms with Gasteiger partial charge in [0.25, 0.3) is 5.91 Å². The number of hydrogen-bond donors (Lipinski definition) is 1. The van der Waals surface area contributed by atoms with E-state index in [1.807, 2.05) is 6.07 Å². The Bertz CT molecular complexity index is 765. The van der Waals surface area contributed by atoms with Crippen molar-refractivity contribution in [3.05, 3.63) is 58.1 Å². The lowest BCUT2D eigenvalue weighted by Gasteiger charge is -2.14. The van der Waals surface area contributed by atoms with Crippen molar-refractivity contribution in [1.29, 1.82) is 0 Å². The second-order valence-electron chi connectivity index (χ2n) is 5.28. The van der Waals surface area contributed by atoms with Gasteiger partial charge in [-0.15, -0.1) is 0 Å². The highest BCUT2D eigenvalue weighted by atomic mass is 35.5. The molecule has 1 atom stereocenters. The Morgan fingerprint density at radius 2 is 1.80 bits per heavy atom. The van der Waals surface area contributed by atoms with Crippen molar-refractivity contribution in [1.82, 2.24) is 0 Å². The van der Waals surface area contributed by atoms with Crippen LogP contribution >= 0.6 is 23.2 Å². The predicted molar refractivity (Wildman–Crippen MR) is 97.3 cm³/mol. The molecule has 0 bridgehead atoms. The van der Waals surface area contributed by atoms with E-state index >= 15 is 0 Å². The van der Waals surface area contributed by atoms with E-state index in [1.54, 1.807) is 50.2 Å². The van der Waals surface area contributed by atoms with E-state index < -0.39 is 24.6 Å². The Morgan fingerprint density at radius 3 is 2.48 bits per heavy atom. The number of para-hydroxylation sites is 1. The Morgan fingerprint density at radius 1 is 1.12 bits per heavy atom. The summed E-state index contributed by atoms with van der Waals surface area (Å²) in [6.07, 6.45) is -0.846. The molecule has 2 rings (SSSR count). The number of benzene rings is 2. The quantitative estimate of drug-likeness (QED) is 0.759. The maximum absolute atomic E-state index is 12.0. The van der Waals surface area contributed by atoms with E-state index in [-0.39, 0.29) is 5.69 Å². The van der Waals surface area contributed by atoms with Gasteiger partial charge in [0.15, 0.2) is 12.7 Å². The van der Waals surface area contributed by atoms with E-state index in [1.165, 1.54) is 0 Å². The Hall–Kier alpha value is -2.24. The van der Waals surface area contributed by atoms with E-state index in [0.717, 1.165) is 5.56 Å². The zero-order valence-electron chi connectivity index (χ0n) is 13.7. The normalized spacial score (nSPS) is 11.5. The first-order chi connectivity index (χ1) is 11.9. The maximum Gasteiger partial charge on any atom is 0.347 e. The lowest BCUT2D eigenvalue weighted by atomic mass is 10.2. The van der Waals surface area contributed by atoms with Gasteiger partial charge < -0.3 is 14.8 Å². The lowest BCUT2D eigenvalue weighted by Crippen LogP contribution is -2.29. The van der Waals surface area contributed by atoms with Crippen LogP contribution in [0, 0.1) is 6.92 Å². The predicted octanol–water partition coefficient (Wildman–Crippen LogP) is 4.25. The topological polar surface area (TPSA) is 64.6 Å². The molecule has 1 amide bonds. The van der Waals surface area contributed by atoms with Crippen LogP contribution in [0.25, 0.3) is 0 Å². The van der Waals surface area contributed by atoms with Gasteiger partial charge in [0, 0.05) is 0 Å². The van der Waals surface area contributed by atoms with Crippen LogP contribution in [0.15, 0.2) is 42.5 Å². The molecule has 0 spiro atoms. The van der Waals surface area contributed by atoms with Crippen LogP contribution < -0.4 is 10.1 Å². The summed E-state index contributed by atoms with van der Waals surface area (Å²) in [6, 6.07) is 12.2. The molecule has 0 radical (unpaired) electrons. The number of esters is 1. The number of ether oxygens (including phenoxy) is 2. The summed E-state index contributed by atoms with van der Waals surface area (Å²) in [5.74, 6) is -0.662. The minimum atomic E-state index is -0.846. The molecule has 0 aliphatic carbocycles. The van der Waals surface area contributed by atoms with Crippen molar-refractivity contribution in [3.8, 4) is 5.75 Å². The summed E-state index contributed by atoms with van der Waals surface area (Å²) in [5, 5.41) is 3.19. The average Bonchev–Trinajstić information content (AvgIpc) is 2.60. The van der Waals surface area contributed by atoms with Gasteiger partial charge >= 0.3 is 5.97 Å². The van der Waals surface area contributed by atoms with E-state index in [0.29, 0.717) is 15.8 Å². The summed E-state index contributed by atoms with van der Waals surface area (Å²) >= 11 is 12.1. The highest BCUT2D eigenvalue weighted by Gasteiger charge is 2.19. The summed E-state index contributed by atoms with van der Waals surface area (Å²) in [4.78, 5) is 23.9. The zero-order chi connectivity index (χ0) is 18.4. The highest BCUT2D eigenvalue weighted by Crippen LogP contribution is 2.32. The third-order valence-electron chi connectivity index (χ3n) is 3.28. The van der Waals surface area contributed by atoms with Crippen molar-refractivity contribution in [3.63, 3.8) is 0 Å². The molecule has 1 N–H and O–H groups in total. The largest absolute Gasteiger partial charge is 0.479 e. The number of carbonyl (C=O) groups is 2. The fraction of sp³-hybridized carbons (Fsp3) is 0.222. The molecule has 0 saturated carbocycles. The monoisotopic (exact) mass is 381 g/mol. The SMILES string of the molecule is Cc1ccc(Cl)c(NC(=O)COC(=O)[C@H](C)Oc2ccccc2)c1Cl. The third-order valence-corrected chi connectivity index (χ3v) is 4.08. The minimum Gasteiger partial charge on any atom is -0.479 e. The lowest BCUT2D eigenvalue weighted by molar-refractivity contribution is -0.153. The van der Waals surface area contributed by atoms with Crippen LogP contribution in [0.1, 0.15) is 12.5 Å². The third kappa shape index (κ3) is 5.37. The molecule has 0 aromatic heterocycles. The molecule has 0 heterocycles. The Labute approximate surface area is 155 Å². The van der Waals surface area contributed by atoms with Gasteiger partial charge in [-0.05, 0) is 37.6 Å². The number of halogens is 2. The van der Waals surface area contributed by atoms with Crippen LogP contribution in [-0.4, -0.2) is 24.6 Å². The summed E-state index contributed by atoms with van der Waals surface area (Å²) in [6.45, 7) is 2.86. The second kappa shape index (κ2) is 8.74. The Kier molecular flexibility index (Phi) is 6.67. The van der Waals surface area contributed by atoms with E-state index in [2.05, 4.69) is 5.32 Å². The first-order valence-electron chi connectivity index (χ1n) is 7.51. The van der Waals surface area contributed by atoms with Crippen LogP contribution in [0.4, 0.5) is 5.69 Å². The molecule has 2 aromatic carbocycles. The molecule has 7 heteroatoms. The maximum atomic E-state index is 12.0.